The molecule has 0 radical (unpaired) electrons. The van der Waals surface area contributed by atoms with Gasteiger partial charge in [-0.15, -0.1) is 10.2 Å². The van der Waals surface area contributed by atoms with Crippen molar-refractivity contribution in [1.29, 1.82) is 0 Å². The van der Waals surface area contributed by atoms with Crippen LogP contribution in [0, 0.1) is 19.8 Å². The average Bonchev–Trinajstić information content (AvgIpc) is 3.06. The van der Waals surface area contributed by atoms with E-state index in [1.165, 1.54) is 11.3 Å². The summed E-state index contributed by atoms with van der Waals surface area (Å²) >= 11 is 1.32. The first-order chi connectivity index (χ1) is 10.5. The Morgan fingerprint density at radius 2 is 2.00 bits per heavy atom. The predicted molar refractivity (Wildman–Crippen MR) is 84.9 cm³/mol. The Hall–Kier alpha value is -2.28. The van der Waals surface area contributed by atoms with Gasteiger partial charge >= 0.3 is 0 Å². The highest BCUT2D eigenvalue weighted by atomic mass is 32.1. The number of hydrogen-bond acceptors (Lipinski definition) is 5. The van der Waals surface area contributed by atoms with Crippen molar-refractivity contribution in [3.63, 3.8) is 0 Å². The second-order valence-corrected chi connectivity index (χ2v) is 6.54. The molecule has 1 fully saturated rings. The number of carbonyl (C=O) groups is 2. The first-order valence-electron chi connectivity index (χ1n) is 7.01. The van der Waals surface area contributed by atoms with Gasteiger partial charge in [-0.3, -0.25) is 9.59 Å². The van der Waals surface area contributed by atoms with Crippen LogP contribution in [-0.2, 0) is 9.59 Å². The van der Waals surface area contributed by atoms with Crippen LogP contribution in [0.4, 0.5) is 10.8 Å². The summed E-state index contributed by atoms with van der Waals surface area (Å²) in [6.45, 7) is 4.22. The molecule has 3 rings (SSSR count). The number of carbonyl (C=O) groups excluding carboxylic acids is 2. The lowest BCUT2D eigenvalue weighted by Gasteiger charge is -2.16. The molecule has 7 heteroatoms. The molecule has 2 heterocycles. The summed E-state index contributed by atoms with van der Waals surface area (Å²) in [6, 6.07) is 7.73. The molecule has 1 aliphatic rings. The molecule has 1 aromatic heterocycles. The van der Waals surface area contributed by atoms with Gasteiger partial charge in [0.05, 0.1) is 5.92 Å². The smallest absolute Gasteiger partial charge is 0.231 e. The van der Waals surface area contributed by atoms with Crippen LogP contribution >= 0.6 is 11.3 Å². The number of nitrogens with zero attached hydrogens (tertiary/aromatic N) is 3. The summed E-state index contributed by atoms with van der Waals surface area (Å²) in [4.78, 5) is 26.1. The number of amides is 2. The molecule has 1 saturated heterocycles. The second kappa shape index (κ2) is 5.84. The van der Waals surface area contributed by atoms with Crippen molar-refractivity contribution in [2.75, 3.05) is 16.8 Å². The molecule has 6 nitrogen and oxygen atoms in total. The number of benzene rings is 1. The number of rotatable bonds is 3. The maximum atomic E-state index is 12.2. The van der Waals surface area contributed by atoms with Crippen molar-refractivity contribution in [2.45, 2.75) is 20.3 Å². The van der Waals surface area contributed by atoms with E-state index in [1.54, 1.807) is 4.90 Å². The molecule has 1 aliphatic heterocycles. The molecular formula is C15H16N4O2S. The first kappa shape index (κ1) is 14.6. The minimum Gasteiger partial charge on any atom is -0.312 e. The van der Waals surface area contributed by atoms with E-state index in [0.717, 1.165) is 16.3 Å². The number of nitrogens with one attached hydrogen (secondary N) is 1. The van der Waals surface area contributed by atoms with E-state index in [9.17, 15) is 9.59 Å². The summed E-state index contributed by atoms with van der Waals surface area (Å²) in [5, 5.41) is 11.7. The molecule has 0 saturated carbocycles. The van der Waals surface area contributed by atoms with Crippen LogP contribution in [0.15, 0.2) is 24.3 Å². The molecule has 1 atom stereocenters. The molecule has 0 spiro atoms. The van der Waals surface area contributed by atoms with Crippen LogP contribution in [0.5, 0.6) is 0 Å². The van der Waals surface area contributed by atoms with Crippen molar-refractivity contribution in [3.05, 3.63) is 34.8 Å². The van der Waals surface area contributed by atoms with Gasteiger partial charge in [0, 0.05) is 18.7 Å². The number of anilines is 2. The van der Waals surface area contributed by atoms with E-state index in [1.807, 2.05) is 38.1 Å². The lowest BCUT2D eigenvalue weighted by atomic mass is 10.1. The monoisotopic (exact) mass is 316 g/mol. The van der Waals surface area contributed by atoms with Crippen molar-refractivity contribution < 1.29 is 9.59 Å². The van der Waals surface area contributed by atoms with Gasteiger partial charge < -0.3 is 10.2 Å². The van der Waals surface area contributed by atoms with E-state index in [-0.39, 0.29) is 24.2 Å². The molecule has 2 amide bonds. The third kappa shape index (κ3) is 2.99. The minimum atomic E-state index is -0.363. The molecule has 2 aromatic rings. The number of aryl methyl sites for hydroxylation is 2. The van der Waals surface area contributed by atoms with Crippen LogP contribution in [-0.4, -0.2) is 28.6 Å². The van der Waals surface area contributed by atoms with Gasteiger partial charge in [-0.2, -0.15) is 0 Å². The lowest BCUT2D eigenvalue weighted by molar-refractivity contribution is -0.122. The molecule has 1 N–H and O–H groups in total. The fourth-order valence-corrected chi connectivity index (χ4v) is 3.01. The van der Waals surface area contributed by atoms with Gasteiger partial charge in [0.2, 0.25) is 16.9 Å². The van der Waals surface area contributed by atoms with E-state index in [4.69, 9.17) is 0 Å². The van der Waals surface area contributed by atoms with Gasteiger partial charge in [0.1, 0.15) is 5.01 Å². The van der Waals surface area contributed by atoms with Crippen LogP contribution in [0.1, 0.15) is 17.0 Å². The van der Waals surface area contributed by atoms with Crippen molar-refractivity contribution in [2.24, 2.45) is 5.92 Å². The molecule has 22 heavy (non-hydrogen) atoms. The van der Waals surface area contributed by atoms with Crippen LogP contribution in [0.3, 0.4) is 0 Å². The van der Waals surface area contributed by atoms with Crippen LogP contribution < -0.4 is 10.2 Å². The zero-order valence-electron chi connectivity index (χ0n) is 12.4. The number of aromatic nitrogens is 2. The maximum Gasteiger partial charge on any atom is 0.231 e. The quantitative estimate of drug-likeness (QED) is 0.941. The van der Waals surface area contributed by atoms with Gasteiger partial charge in [-0.1, -0.05) is 29.0 Å². The zero-order chi connectivity index (χ0) is 15.7. The predicted octanol–water partition coefficient (Wildman–Crippen LogP) is 2.15. The molecule has 0 unspecified atom stereocenters. The first-order valence-corrected chi connectivity index (χ1v) is 7.82. The summed E-state index contributed by atoms with van der Waals surface area (Å²) in [7, 11) is 0. The summed E-state index contributed by atoms with van der Waals surface area (Å²) in [5.41, 5.74) is 1.97. The molecule has 0 aliphatic carbocycles. The normalized spacial score (nSPS) is 17.8. The van der Waals surface area contributed by atoms with E-state index in [0.29, 0.717) is 11.7 Å². The van der Waals surface area contributed by atoms with Gasteiger partial charge in [0.15, 0.2) is 0 Å². The Balaban J connectivity index is 1.68. The van der Waals surface area contributed by atoms with Crippen molar-refractivity contribution in [1.82, 2.24) is 10.2 Å². The fourth-order valence-electron chi connectivity index (χ4n) is 2.41. The topological polar surface area (TPSA) is 75.2 Å². The van der Waals surface area contributed by atoms with Crippen molar-refractivity contribution in [3.8, 4) is 0 Å². The fraction of sp³-hybridized carbons (Fsp3) is 0.333. The van der Waals surface area contributed by atoms with Crippen LogP contribution in [0.2, 0.25) is 0 Å². The Morgan fingerprint density at radius 1 is 1.27 bits per heavy atom. The van der Waals surface area contributed by atoms with E-state index >= 15 is 0 Å². The Kier molecular flexibility index (Phi) is 3.89. The zero-order valence-corrected chi connectivity index (χ0v) is 13.2. The second-order valence-electron chi connectivity index (χ2n) is 5.36. The van der Waals surface area contributed by atoms with Gasteiger partial charge in [-0.25, -0.2) is 0 Å². The minimum absolute atomic E-state index is 0.0301. The summed E-state index contributed by atoms with van der Waals surface area (Å²) in [5.74, 6) is -0.574. The molecule has 1 aromatic carbocycles. The molecule has 0 bridgehead atoms. The lowest BCUT2D eigenvalue weighted by Crippen LogP contribution is -2.28. The highest BCUT2D eigenvalue weighted by Gasteiger charge is 2.35. The Morgan fingerprint density at radius 3 is 2.64 bits per heavy atom. The Labute approximate surface area is 132 Å². The molecule has 114 valence electrons. The largest absolute Gasteiger partial charge is 0.312 e. The third-order valence-corrected chi connectivity index (χ3v) is 4.35. The standard InChI is InChI=1S/C15H16N4O2S/c1-9-3-5-12(6-4-9)19-8-11(7-13(19)20)14(21)16-15-18-17-10(2)22-15/h3-6,11H,7-8H2,1-2H3,(H,16,18,21)/t11-/m1/s1. The highest BCUT2D eigenvalue weighted by Crippen LogP contribution is 2.26. The Bertz CT molecular complexity index is 711. The molecular weight excluding hydrogens is 300 g/mol. The van der Waals surface area contributed by atoms with Crippen molar-refractivity contribution >= 4 is 34.0 Å². The van der Waals surface area contributed by atoms with Crippen LogP contribution in [0.25, 0.3) is 0 Å². The number of hydrogen-bond donors (Lipinski definition) is 1. The third-order valence-electron chi connectivity index (χ3n) is 3.60. The average molecular weight is 316 g/mol. The maximum absolute atomic E-state index is 12.2. The SMILES string of the molecule is Cc1ccc(N2C[C@H](C(=O)Nc3nnc(C)s3)CC2=O)cc1. The summed E-state index contributed by atoms with van der Waals surface area (Å²) in [6.07, 6.45) is 0.220. The van der Waals surface area contributed by atoms with Gasteiger partial charge in [0.25, 0.3) is 0 Å². The highest BCUT2D eigenvalue weighted by molar-refractivity contribution is 7.15. The van der Waals surface area contributed by atoms with E-state index in [2.05, 4.69) is 15.5 Å². The van der Waals surface area contributed by atoms with Gasteiger partial charge in [-0.05, 0) is 26.0 Å². The van der Waals surface area contributed by atoms with E-state index < -0.39 is 0 Å². The summed E-state index contributed by atoms with van der Waals surface area (Å²) < 4.78 is 0.